The second-order valence-electron chi connectivity index (χ2n) is 11.9. The van der Waals surface area contributed by atoms with Crippen LogP contribution in [0.4, 0.5) is 0 Å². The Hall–Kier alpha value is -5.71. The first-order valence-corrected chi connectivity index (χ1v) is 16.4. The van der Waals surface area contributed by atoms with Crippen molar-refractivity contribution in [1.29, 1.82) is 0 Å². The molecule has 2 aliphatic carbocycles. The van der Waals surface area contributed by atoms with E-state index in [4.69, 9.17) is 15.0 Å². The van der Waals surface area contributed by atoms with Crippen LogP contribution >= 0.6 is 11.3 Å². The van der Waals surface area contributed by atoms with Crippen molar-refractivity contribution >= 4 is 21.4 Å². The van der Waals surface area contributed by atoms with Gasteiger partial charge in [0.05, 0.1) is 5.41 Å². The largest absolute Gasteiger partial charge is 0.208 e. The van der Waals surface area contributed by atoms with Gasteiger partial charge in [-0.15, -0.1) is 11.3 Å². The summed E-state index contributed by atoms with van der Waals surface area (Å²) in [6, 6.07) is 54.0. The Kier molecular flexibility index (Phi) is 5.37. The summed E-state index contributed by atoms with van der Waals surface area (Å²) in [5, 5.41) is 1.33. The van der Waals surface area contributed by atoms with Crippen LogP contribution in [0.2, 0.25) is 0 Å². The molecular formula is C42H25N3S. The summed E-state index contributed by atoms with van der Waals surface area (Å²) in [6.07, 6.45) is 0. The molecule has 0 bridgehead atoms. The lowest BCUT2D eigenvalue weighted by atomic mass is 9.74. The molecule has 46 heavy (non-hydrogen) atoms. The van der Waals surface area contributed by atoms with Gasteiger partial charge in [0.2, 0.25) is 0 Å². The van der Waals surface area contributed by atoms with Crippen LogP contribution in [0.25, 0.3) is 66.5 Å². The summed E-state index contributed by atoms with van der Waals surface area (Å²) in [6.45, 7) is 0. The highest BCUT2D eigenvalue weighted by molar-refractivity contribution is 7.20. The van der Waals surface area contributed by atoms with E-state index in [0.717, 1.165) is 16.7 Å². The fraction of sp³-hybridized carbons (Fsp3) is 0.0238. The van der Waals surface area contributed by atoms with Crippen LogP contribution < -0.4 is 0 Å². The predicted octanol–water partition coefficient (Wildman–Crippen LogP) is 10.4. The highest BCUT2D eigenvalue weighted by Crippen LogP contribution is 2.66. The Bertz CT molecular complexity index is 2420. The van der Waals surface area contributed by atoms with E-state index < -0.39 is 0 Å². The maximum absolute atomic E-state index is 5.05. The van der Waals surface area contributed by atoms with E-state index in [0.29, 0.717) is 17.5 Å². The van der Waals surface area contributed by atoms with Gasteiger partial charge in [0, 0.05) is 37.2 Å². The summed E-state index contributed by atoms with van der Waals surface area (Å²) in [4.78, 5) is 16.4. The van der Waals surface area contributed by atoms with Crippen LogP contribution in [0.3, 0.4) is 0 Å². The third-order valence-corrected chi connectivity index (χ3v) is 10.8. The molecule has 0 fully saturated rings. The Morgan fingerprint density at radius 1 is 0.413 bits per heavy atom. The molecule has 214 valence electrons. The summed E-state index contributed by atoms with van der Waals surface area (Å²) >= 11 is 1.93. The molecule has 4 heteroatoms. The third-order valence-electron chi connectivity index (χ3n) is 9.54. The quantitative estimate of drug-likeness (QED) is 0.202. The van der Waals surface area contributed by atoms with E-state index in [-0.39, 0.29) is 5.41 Å². The molecule has 0 N–H and O–H groups in total. The van der Waals surface area contributed by atoms with Crippen LogP contribution in [-0.2, 0) is 5.41 Å². The molecule has 0 saturated heterocycles. The van der Waals surface area contributed by atoms with Crippen LogP contribution in [0, 0.1) is 0 Å². The Morgan fingerprint density at radius 2 is 0.935 bits per heavy atom. The molecule has 0 amide bonds. The smallest absolute Gasteiger partial charge is 0.164 e. The molecule has 2 aliphatic rings. The molecule has 8 aromatic rings. The molecule has 1 unspecified atom stereocenters. The van der Waals surface area contributed by atoms with E-state index in [9.17, 15) is 0 Å². The van der Waals surface area contributed by atoms with Gasteiger partial charge in [-0.05, 0) is 45.5 Å². The first kappa shape index (κ1) is 25.6. The second kappa shape index (κ2) is 9.64. The summed E-state index contributed by atoms with van der Waals surface area (Å²) in [5.74, 6) is 2.01. The van der Waals surface area contributed by atoms with Gasteiger partial charge < -0.3 is 0 Å². The lowest BCUT2D eigenvalue weighted by Crippen LogP contribution is -2.24. The zero-order valence-electron chi connectivity index (χ0n) is 24.7. The summed E-state index contributed by atoms with van der Waals surface area (Å²) in [7, 11) is 0. The number of aromatic nitrogens is 3. The number of thiophene rings is 1. The van der Waals surface area contributed by atoms with Crippen molar-refractivity contribution in [2.45, 2.75) is 5.41 Å². The maximum Gasteiger partial charge on any atom is 0.164 e. The van der Waals surface area contributed by atoms with Gasteiger partial charge in [-0.3, -0.25) is 0 Å². The normalized spacial score (nSPS) is 15.5. The Morgan fingerprint density at radius 3 is 1.63 bits per heavy atom. The fourth-order valence-corrected chi connectivity index (χ4v) is 9.07. The minimum Gasteiger partial charge on any atom is -0.208 e. The lowest BCUT2D eigenvalue weighted by molar-refractivity contribution is 0.811. The zero-order valence-corrected chi connectivity index (χ0v) is 25.5. The zero-order chi connectivity index (χ0) is 30.2. The van der Waals surface area contributed by atoms with Crippen molar-refractivity contribution in [3.63, 3.8) is 0 Å². The number of fused-ring (bicyclic) bond motifs is 12. The highest BCUT2D eigenvalue weighted by atomic mass is 32.1. The van der Waals surface area contributed by atoms with Crippen molar-refractivity contribution in [3.05, 3.63) is 173 Å². The molecule has 0 radical (unpaired) electrons. The molecule has 2 aromatic heterocycles. The first-order valence-electron chi connectivity index (χ1n) is 15.5. The molecule has 0 aliphatic heterocycles. The number of rotatable bonds is 3. The number of nitrogens with zero attached hydrogens (tertiary/aromatic N) is 3. The summed E-state index contributed by atoms with van der Waals surface area (Å²) in [5.41, 5.74) is 11.8. The molecular weight excluding hydrogens is 579 g/mol. The van der Waals surface area contributed by atoms with Crippen molar-refractivity contribution < 1.29 is 0 Å². The molecule has 0 saturated carbocycles. The number of hydrogen-bond acceptors (Lipinski definition) is 4. The Balaban J connectivity index is 1.24. The van der Waals surface area contributed by atoms with Gasteiger partial charge >= 0.3 is 0 Å². The van der Waals surface area contributed by atoms with Gasteiger partial charge in [-0.2, -0.15) is 0 Å². The topological polar surface area (TPSA) is 38.7 Å². The Labute approximate surface area is 270 Å². The van der Waals surface area contributed by atoms with Gasteiger partial charge in [0.1, 0.15) is 0 Å². The number of benzene rings is 6. The molecule has 2 heterocycles. The summed E-state index contributed by atoms with van der Waals surface area (Å²) < 4.78 is 1.33. The van der Waals surface area contributed by atoms with Gasteiger partial charge in [-0.1, -0.05) is 140 Å². The van der Waals surface area contributed by atoms with Crippen molar-refractivity contribution in [2.75, 3.05) is 0 Å². The van der Waals surface area contributed by atoms with Crippen molar-refractivity contribution in [1.82, 2.24) is 15.0 Å². The predicted molar refractivity (Wildman–Crippen MR) is 188 cm³/mol. The average molecular weight is 604 g/mol. The lowest BCUT2D eigenvalue weighted by Gasteiger charge is -2.29. The SMILES string of the molecule is c1ccc(-c2nc(-c3ccccc3)nc(-c3ccc4c(c3)-c3ccccc3C43c4ccccc4-c4c3sc3ccccc43)n2)cc1. The van der Waals surface area contributed by atoms with Crippen LogP contribution in [0.5, 0.6) is 0 Å². The van der Waals surface area contributed by atoms with Crippen LogP contribution in [0.1, 0.15) is 21.6 Å². The standard InChI is InChI=1S/C42H25N3S/c1-3-13-26(14-4-1)39-43-40(27-15-5-2-6-16-27)45-41(44-39)28-23-24-35-32(25-28)29-17-7-10-20-33(29)42(35)34-21-11-8-18-30(34)37-31-19-9-12-22-36(31)46-38(37)42/h1-25H. The average Bonchev–Trinajstić information content (AvgIpc) is 3.76. The third kappa shape index (κ3) is 3.45. The fourth-order valence-electron chi connectivity index (χ4n) is 7.62. The minimum atomic E-state index is -0.371. The van der Waals surface area contributed by atoms with E-state index in [1.54, 1.807) is 0 Å². The highest BCUT2D eigenvalue weighted by Gasteiger charge is 2.53. The van der Waals surface area contributed by atoms with E-state index in [1.807, 2.05) is 47.7 Å². The van der Waals surface area contributed by atoms with E-state index in [2.05, 4.69) is 115 Å². The van der Waals surface area contributed by atoms with Gasteiger partial charge in [0.15, 0.2) is 17.5 Å². The van der Waals surface area contributed by atoms with E-state index >= 15 is 0 Å². The van der Waals surface area contributed by atoms with E-state index in [1.165, 1.54) is 53.9 Å². The first-order chi connectivity index (χ1) is 22.8. The van der Waals surface area contributed by atoms with Crippen molar-refractivity contribution in [2.24, 2.45) is 0 Å². The number of hydrogen-bond donors (Lipinski definition) is 0. The monoisotopic (exact) mass is 603 g/mol. The molecule has 3 nitrogen and oxygen atoms in total. The minimum absolute atomic E-state index is 0.371. The molecule has 6 aromatic carbocycles. The maximum atomic E-state index is 5.05. The van der Waals surface area contributed by atoms with Crippen LogP contribution in [-0.4, -0.2) is 15.0 Å². The second-order valence-corrected chi connectivity index (χ2v) is 13.0. The van der Waals surface area contributed by atoms with Crippen LogP contribution in [0.15, 0.2) is 152 Å². The molecule has 1 spiro atoms. The van der Waals surface area contributed by atoms with Gasteiger partial charge in [0.25, 0.3) is 0 Å². The van der Waals surface area contributed by atoms with Crippen molar-refractivity contribution in [3.8, 4) is 56.4 Å². The molecule has 10 rings (SSSR count). The molecule has 1 atom stereocenters. The van der Waals surface area contributed by atoms with Gasteiger partial charge in [-0.25, -0.2) is 15.0 Å².